The van der Waals surface area contributed by atoms with Crippen molar-refractivity contribution >= 4 is 18.4 Å². The van der Waals surface area contributed by atoms with Gasteiger partial charge < -0.3 is 0 Å². The van der Waals surface area contributed by atoms with Crippen molar-refractivity contribution < 1.29 is 4.79 Å². The second-order valence-corrected chi connectivity index (χ2v) is 4.94. The molecule has 3 aromatic rings. The highest BCUT2D eigenvalue weighted by Gasteiger charge is 1.98. The fraction of sp³-hybridized carbons (Fsp3) is 0. The molecule has 106 valence electrons. The second-order valence-electron chi connectivity index (χ2n) is 4.94. The van der Waals surface area contributed by atoms with Crippen LogP contribution in [0.2, 0.25) is 0 Å². The summed E-state index contributed by atoms with van der Waals surface area (Å²) in [5, 5.41) is 0. The normalized spacial score (nSPS) is 10.7. The zero-order valence-corrected chi connectivity index (χ0v) is 12.0. The molecule has 0 saturated heterocycles. The molecule has 0 amide bonds. The Morgan fingerprint density at radius 2 is 1.50 bits per heavy atom. The van der Waals surface area contributed by atoms with Gasteiger partial charge in [-0.15, -0.1) is 0 Å². The van der Waals surface area contributed by atoms with Crippen LogP contribution in [0, 0.1) is 0 Å². The second kappa shape index (κ2) is 6.64. The largest absolute Gasteiger partial charge is 0.298 e. The lowest BCUT2D eigenvalue weighted by molar-refractivity contribution is 0.112. The van der Waals surface area contributed by atoms with Gasteiger partial charge in [-0.25, -0.2) is 4.98 Å². The predicted molar refractivity (Wildman–Crippen MR) is 90.4 cm³/mol. The van der Waals surface area contributed by atoms with E-state index in [0.29, 0.717) is 5.56 Å². The van der Waals surface area contributed by atoms with Crippen molar-refractivity contribution in [3.8, 4) is 11.3 Å². The predicted octanol–water partition coefficient (Wildman–Crippen LogP) is 4.73. The highest BCUT2D eigenvalue weighted by molar-refractivity contribution is 5.78. The zero-order valence-electron chi connectivity index (χ0n) is 12.0. The van der Waals surface area contributed by atoms with Crippen molar-refractivity contribution in [3.05, 3.63) is 89.6 Å². The van der Waals surface area contributed by atoms with E-state index in [9.17, 15) is 4.79 Å². The smallest absolute Gasteiger partial charge is 0.150 e. The summed E-state index contributed by atoms with van der Waals surface area (Å²) in [5.74, 6) is 0. The Bertz CT molecular complexity index is 807. The summed E-state index contributed by atoms with van der Waals surface area (Å²) >= 11 is 0. The van der Waals surface area contributed by atoms with Crippen molar-refractivity contribution in [1.29, 1.82) is 0 Å². The van der Waals surface area contributed by atoms with Gasteiger partial charge in [-0.3, -0.25) is 4.79 Å². The molecular formula is C20H15NO. The molecule has 0 N–H and O–H groups in total. The topological polar surface area (TPSA) is 30.0 Å². The summed E-state index contributed by atoms with van der Waals surface area (Å²) in [6.45, 7) is 0. The van der Waals surface area contributed by atoms with Gasteiger partial charge in [0.15, 0.2) is 0 Å². The zero-order chi connectivity index (χ0) is 15.2. The maximum atomic E-state index is 10.8. The van der Waals surface area contributed by atoms with Gasteiger partial charge in [0.2, 0.25) is 0 Å². The molecule has 0 atom stereocenters. The van der Waals surface area contributed by atoms with Gasteiger partial charge in [-0.05, 0) is 29.8 Å². The fourth-order valence-electron chi connectivity index (χ4n) is 2.23. The molecule has 0 fully saturated rings. The van der Waals surface area contributed by atoms with Crippen LogP contribution >= 0.6 is 0 Å². The summed E-state index contributed by atoms with van der Waals surface area (Å²) in [6.07, 6.45) is 4.77. The van der Waals surface area contributed by atoms with Crippen LogP contribution in [-0.2, 0) is 0 Å². The first-order valence-electron chi connectivity index (χ1n) is 7.11. The third kappa shape index (κ3) is 3.36. The van der Waals surface area contributed by atoms with Gasteiger partial charge in [-0.2, -0.15) is 0 Å². The Balaban J connectivity index is 1.86. The molecule has 1 heterocycles. The monoisotopic (exact) mass is 285 g/mol. The average Bonchev–Trinajstić information content (AvgIpc) is 2.61. The standard InChI is InChI=1S/C20H15NO/c22-15-17-7-4-6-16(14-17)12-13-19-10-5-11-20(21-19)18-8-2-1-3-9-18/h1-15H. The molecule has 0 radical (unpaired) electrons. The lowest BCUT2D eigenvalue weighted by atomic mass is 10.1. The summed E-state index contributed by atoms with van der Waals surface area (Å²) in [6, 6.07) is 23.5. The average molecular weight is 285 g/mol. The van der Waals surface area contributed by atoms with E-state index in [1.165, 1.54) is 0 Å². The number of pyridine rings is 1. The fourth-order valence-corrected chi connectivity index (χ4v) is 2.23. The maximum absolute atomic E-state index is 10.8. The minimum Gasteiger partial charge on any atom is -0.298 e. The molecule has 3 rings (SSSR count). The van der Waals surface area contributed by atoms with Crippen LogP contribution in [0.4, 0.5) is 0 Å². The van der Waals surface area contributed by atoms with Gasteiger partial charge >= 0.3 is 0 Å². The Kier molecular flexibility index (Phi) is 4.21. The molecule has 0 saturated carbocycles. The summed E-state index contributed by atoms with van der Waals surface area (Å²) in [4.78, 5) is 15.4. The van der Waals surface area contributed by atoms with Gasteiger partial charge in [0, 0.05) is 11.1 Å². The number of benzene rings is 2. The summed E-state index contributed by atoms with van der Waals surface area (Å²) in [5.41, 5.74) is 4.59. The lowest BCUT2D eigenvalue weighted by Crippen LogP contribution is -1.86. The molecule has 2 heteroatoms. The third-order valence-electron chi connectivity index (χ3n) is 3.33. The molecular weight excluding hydrogens is 270 g/mol. The highest BCUT2D eigenvalue weighted by atomic mass is 16.1. The Labute approximate surface area is 129 Å². The first kappa shape index (κ1) is 14.0. The van der Waals surface area contributed by atoms with Crippen molar-refractivity contribution in [2.45, 2.75) is 0 Å². The van der Waals surface area contributed by atoms with E-state index in [2.05, 4.69) is 4.98 Å². The molecule has 0 bridgehead atoms. The number of aldehydes is 1. The Hall–Kier alpha value is -3.00. The van der Waals surface area contributed by atoms with Gasteiger partial charge in [0.05, 0.1) is 11.4 Å². The van der Waals surface area contributed by atoms with Crippen LogP contribution in [0.1, 0.15) is 21.6 Å². The Morgan fingerprint density at radius 1 is 0.727 bits per heavy atom. The third-order valence-corrected chi connectivity index (χ3v) is 3.33. The van der Waals surface area contributed by atoms with E-state index in [1.807, 2.05) is 78.9 Å². The number of hydrogen-bond acceptors (Lipinski definition) is 2. The molecule has 0 aliphatic carbocycles. The van der Waals surface area contributed by atoms with E-state index < -0.39 is 0 Å². The lowest BCUT2D eigenvalue weighted by Gasteiger charge is -2.02. The van der Waals surface area contributed by atoms with Crippen molar-refractivity contribution in [1.82, 2.24) is 4.98 Å². The Morgan fingerprint density at radius 3 is 2.32 bits per heavy atom. The number of hydrogen-bond donors (Lipinski definition) is 0. The molecule has 2 aromatic carbocycles. The maximum Gasteiger partial charge on any atom is 0.150 e. The number of carbonyl (C=O) groups excluding carboxylic acids is 1. The molecule has 1 aromatic heterocycles. The number of rotatable bonds is 4. The van der Waals surface area contributed by atoms with Gasteiger partial charge in [0.25, 0.3) is 0 Å². The van der Waals surface area contributed by atoms with Crippen LogP contribution in [0.5, 0.6) is 0 Å². The molecule has 0 aliphatic rings. The molecule has 22 heavy (non-hydrogen) atoms. The van der Waals surface area contributed by atoms with E-state index in [0.717, 1.165) is 28.8 Å². The van der Waals surface area contributed by atoms with E-state index in [-0.39, 0.29) is 0 Å². The number of nitrogens with zero attached hydrogens (tertiary/aromatic N) is 1. The molecule has 2 nitrogen and oxygen atoms in total. The van der Waals surface area contributed by atoms with Crippen molar-refractivity contribution in [2.75, 3.05) is 0 Å². The van der Waals surface area contributed by atoms with Crippen LogP contribution in [-0.4, -0.2) is 11.3 Å². The van der Waals surface area contributed by atoms with Crippen LogP contribution in [0.25, 0.3) is 23.4 Å². The summed E-state index contributed by atoms with van der Waals surface area (Å²) in [7, 11) is 0. The van der Waals surface area contributed by atoms with E-state index >= 15 is 0 Å². The van der Waals surface area contributed by atoms with Gasteiger partial charge in [0.1, 0.15) is 6.29 Å². The molecule has 0 aliphatic heterocycles. The minimum atomic E-state index is 0.674. The van der Waals surface area contributed by atoms with Crippen LogP contribution in [0.3, 0.4) is 0 Å². The summed E-state index contributed by atoms with van der Waals surface area (Å²) < 4.78 is 0. The molecule has 0 unspecified atom stereocenters. The van der Waals surface area contributed by atoms with Gasteiger partial charge in [-0.1, -0.05) is 60.7 Å². The molecule has 0 spiro atoms. The first-order chi connectivity index (χ1) is 10.8. The first-order valence-corrected chi connectivity index (χ1v) is 7.11. The SMILES string of the molecule is O=Cc1cccc(C=Cc2cccc(-c3ccccc3)n2)c1. The van der Waals surface area contributed by atoms with Crippen molar-refractivity contribution in [3.63, 3.8) is 0 Å². The highest BCUT2D eigenvalue weighted by Crippen LogP contribution is 2.17. The number of aromatic nitrogens is 1. The number of carbonyl (C=O) groups is 1. The van der Waals surface area contributed by atoms with E-state index in [1.54, 1.807) is 6.07 Å². The quantitative estimate of drug-likeness (QED) is 0.648. The minimum absolute atomic E-state index is 0.674. The van der Waals surface area contributed by atoms with Crippen molar-refractivity contribution in [2.24, 2.45) is 0 Å². The van der Waals surface area contributed by atoms with Crippen LogP contribution < -0.4 is 0 Å². The van der Waals surface area contributed by atoms with Crippen LogP contribution in [0.15, 0.2) is 72.8 Å². The van der Waals surface area contributed by atoms with E-state index in [4.69, 9.17) is 0 Å².